The van der Waals surface area contributed by atoms with Crippen molar-refractivity contribution in [3.63, 3.8) is 0 Å². The Morgan fingerprint density at radius 1 is 1.52 bits per heavy atom. The second kappa shape index (κ2) is 5.97. The van der Waals surface area contributed by atoms with E-state index < -0.39 is 0 Å². The van der Waals surface area contributed by atoms with Crippen molar-refractivity contribution in [3.8, 4) is 11.5 Å². The summed E-state index contributed by atoms with van der Waals surface area (Å²) in [6, 6.07) is 2.28. The Morgan fingerprint density at radius 2 is 2.33 bits per heavy atom. The van der Waals surface area contributed by atoms with Gasteiger partial charge in [-0.15, -0.1) is 10.2 Å². The van der Waals surface area contributed by atoms with Crippen molar-refractivity contribution in [3.05, 3.63) is 22.7 Å². The molecule has 3 rings (SSSR count). The van der Waals surface area contributed by atoms with Crippen LogP contribution in [0, 0.1) is 5.92 Å². The first-order chi connectivity index (χ1) is 10.1. The van der Waals surface area contributed by atoms with Crippen LogP contribution in [0.15, 0.2) is 21.2 Å². The highest BCUT2D eigenvalue weighted by Gasteiger charge is 2.32. The van der Waals surface area contributed by atoms with Crippen LogP contribution in [0.1, 0.15) is 32.1 Å². The maximum Gasteiger partial charge on any atom is 0.248 e. The van der Waals surface area contributed by atoms with Gasteiger partial charge in [-0.3, -0.25) is 4.79 Å². The standard InChI is InChI=1S/C15H19N3O2S/c1-10(11-3-4-11)18(2)14(19)6-5-13-16-17-15(20-13)12-7-8-21-9-12/h7-11H,3-6H2,1-2H3. The third-order valence-corrected chi connectivity index (χ3v) is 4.78. The molecule has 0 radical (unpaired) electrons. The zero-order valence-electron chi connectivity index (χ0n) is 12.3. The van der Waals surface area contributed by atoms with E-state index in [-0.39, 0.29) is 5.91 Å². The monoisotopic (exact) mass is 305 g/mol. The highest BCUT2D eigenvalue weighted by atomic mass is 32.1. The van der Waals surface area contributed by atoms with Gasteiger partial charge < -0.3 is 9.32 Å². The minimum atomic E-state index is 0.143. The van der Waals surface area contributed by atoms with Crippen molar-refractivity contribution in [2.75, 3.05) is 7.05 Å². The van der Waals surface area contributed by atoms with Crippen molar-refractivity contribution in [1.82, 2.24) is 15.1 Å². The number of hydrogen-bond donors (Lipinski definition) is 0. The van der Waals surface area contributed by atoms with Crippen LogP contribution in [-0.2, 0) is 11.2 Å². The Bertz CT molecular complexity index is 604. The molecule has 0 bridgehead atoms. The number of thiophene rings is 1. The lowest BCUT2D eigenvalue weighted by atomic mass is 10.1. The quantitative estimate of drug-likeness (QED) is 0.823. The first-order valence-corrected chi connectivity index (χ1v) is 8.20. The average molecular weight is 305 g/mol. The number of rotatable bonds is 6. The first-order valence-electron chi connectivity index (χ1n) is 7.25. The Hall–Kier alpha value is -1.69. The number of nitrogens with zero attached hydrogens (tertiary/aromatic N) is 3. The van der Waals surface area contributed by atoms with E-state index in [1.807, 2.05) is 28.8 Å². The summed E-state index contributed by atoms with van der Waals surface area (Å²) in [4.78, 5) is 14.0. The van der Waals surface area contributed by atoms with Gasteiger partial charge in [-0.2, -0.15) is 11.3 Å². The van der Waals surface area contributed by atoms with Gasteiger partial charge in [0.2, 0.25) is 17.7 Å². The second-order valence-electron chi connectivity index (χ2n) is 5.60. The third kappa shape index (κ3) is 3.32. The van der Waals surface area contributed by atoms with E-state index in [2.05, 4.69) is 17.1 Å². The molecule has 1 amide bonds. The van der Waals surface area contributed by atoms with Gasteiger partial charge in [0.25, 0.3) is 0 Å². The van der Waals surface area contributed by atoms with Crippen molar-refractivity contribution in [1.29, 1.82) is 0 Å². The summed E-state index contributed by atoms with van der Waals surface area (Å²) >= 11 is 1.59. The number of hydrogen-bond acceptors (Lipinski definition) is 5. The van der Waals surface area contributed by atoms with E-state index in [9.17, 15) is 4.79 Å². The maximum absolute atomic E-state index is 12.2. The minimum absolute atomic E-state index is 0.143. The first kappa shape index (κ1) is 14.3. The lowest BCUT2D eigenvalue weighted by Crippen LogP contribution is -2.36. The van der Waals surface area contributed by atoms with Crippen LogP contribution in [0.2, 0.25) is 0 Å². The molecule has 0 N–H and O–H groups in total. The third-order valence-electron chi connectivity index (χ3n) is 4.10. The Labute approximate surface area is 128 Å². The van der Waals surface area contributed by atoms with Crippen LogP contribution in [0.4, 0.5) is 0 Å². The fraction of sp³-hybridized carbons (Fsp3) is 0.533. The molecule has 5 nitrogen and oxygen atoms in total. The highest BCUT2D eigenvalue weighted by Crippen LogP contribution is 2.34. The molecule has 2 heterocycles. The molecule has 0 spiro atoms. The molecule has 1 fully saturated rings. The predicted molar refractivity (Wildman–Crippen MR) is 80.9 cm³/mol. The maximum atomic E-state index is 12.2. The van der Waals surface area contributed by atoms with E-state index >= 15 is 0 Å². The molecule has 0 saturated heterocycles. The molecule has 0 aliphatic heterocycles. The molecule has 1 aliphatic rings. The Morgan fingerprint density at radius 3 is 3.00 bits per heavy atom. The molecule has 2 aromatic rings. The van der Waals surface area contributed by atoms with Gasteiger partial charge in [0, 0.05) is 36.9 Å². The molecule has 1 atom stereocenters. The van der Waals surface area contributed by atoms with Crippen LogP contribution >= 0.6 is 11.3 Å². The lowest BCUT2D eigenvalue weighted by Gasteiger charge is -2.24. The van der Waals surface area contributed by atoms with E-state index in [1.165, 1.54) is 12.8 Å². The van der Waals surface area contributed by atoms with Gasteiger partial charge in [0.1, 0.15) is 0 Å². The molecular formula is C15H19N3O2S. The summed E-state index contributed by atoms with van der Waals surface area (Å²) in [7, 11) is 1.88. The Balaban J connectivity index is 1.54. The molecule has 21 heavy (non-hydrogen) atoms. The Kier molecular flexibility index (Phi) is 4.05. The summed E-state index contributed by atoms with van der Waals surface area (Å²) in [5.74, 6) is 1.88. The number of aromatic nitrogens is 2. The highest BCUT2D eigenvalue weighted by molar-refractivity contribution is 7.08. The van der Waals surface area contributed by atoms with E-state index in [0.717, 1.165) is 5.56 Å². The SMILES string of the molecule is CC(C1CC1)N(C)C(=O)CCc1nnc(-c2ccsc2)o1. The summed E-state index contributed by atoms with van der Waals surface area (Å²) in [5, 5.41) is 12.0. The molecule has 1 saturated carbocycles. The van der Waals surface area contributed by atoms with Gasteiger partial charge in [0.05, 0.1) is 0 Å². The van der Waals surface area contributed by atoms with E-state index in [1.54, 1.807) is 11.3 Å². The fourth-order valence-corrected chi connectivity index (χ4v) is 3.00. The minimum Gasteiger partial charge on any atom is -0.421 e. The normalized spacial score (nSPS) is 15.9. The van der Waals surface area contributed by atoms with Crippen LogP contribution < -0.4 is 0 Å². The van der Waals surface area contributed by atoms with Crippen LogP contribution in [-0.4, -0.2) is 34.1 Å². The van der Waals surface area contributed by atoms with Gasteiger partial charge in [-0.25, -0.2) is 0 Å². The molecule has 1 aliphatic carbocycles. The van der Waals surface area contributed by atoms with E-state index in [0.29, 0.717) is 36.6 Å². The van der Waals surface area contributed by atoms with Gasteiger partial charge in [0.15, 0.2) is 0 Å². The molecule has 1 unspecified atom stereocenters. The zero-order valence-corrected chi connectivity index (χ0v) is 13.1. The van der Waals surface area contributed by atoms with Gasteiger partial charge in [-0.05, 0) is 37.1 Å². The smallest absolute Gasteiger partial charge is 0.248 e. The van der Waals surface area contributed by atoms with Crippen molar-refractivity contribution in [2.24, 2.45) is 5.92 Å². The summed E-state index contributed by atoms with van der Waals surface area (Å²) in [6.07, 6.45) is 3.40. The van der Waals surface area contributed by atoms with Gasteiger partial charge >= 0.3 is 0 Å². The van der Waals surface area contributed by atoms with Crippen LogP contribution in [0.5, 0.6) is 0 Å². The topological polar surface area (TPSA) is 59.2 Å². The summed E-state index contributed by atoms with van der Waals surface area (Å²) in [6.45, 7) is 2.12. The molecular weight excluding hydrogens is 286 g/mol. The van der Waals surface area contributed by atoms with Gasteiger partial charge in [-0.1, -0.05) is 0 Å². The summed E-state index contributed by atoms with van der Waals surface area (Å²) < 4.78 is 5.59. The van der Waals surface area contributed by atoms with E-state index in [4.69, 9.17) is 4.42 Å². The average Bonchev–Trinajstić information content (AvgIpc) is 3.01. The number of carbonyl (C=O) groups is 1. The predicted octanol–water partition coefficient (Wildman–Crippen LogP) is 2.99. The molecule has 6 heteroatoms. The summed E-state index contributed by atoms with van der Waals surface area (Å²) in [5.41, 5.74) is 0.935. The number of carbonyl (C=O) groups excluding carboxylic acids is 1. The van der Waals surface area contributed by atoms with Crippen molar-refractivity contribution in [2.45, 2.75) is 38.6 Å². The largest absolute Gasteiger partial charge is 0.421 e. The molecule has 0 aromatic carbocycles. The number of aryl methyl sites for hydroxylation is 1. The van der Waals surface area contributed by atoms with Crippen LogP contribution in [0.3, 0.4) is 0 Å². The second-order valence-corrected chi connectivity index (χ2v) is 6.38. The molecule has 2 aromatic heterocycles. The van der Waals surface area contributed by atoms with Crippen molar-refractivity contribution >= 4 is 17.2 Å². The lowest BCUT2D eigenvalue weighted by molar-refractivity contribution is -0.132. The molecule has 112 valence electrons. The fourth-order valence-electron chi connectivity index (χ4n) is 2.37. The van der Waals surface area contributed by atoms with Crippen LogP contribution in [0.25, 0.3) is 11.5 Å². The van der Waals surface area contributed by atoms with Crippen molar-refractivity contribution < 1.29 is 9.21 Å². The zero-order chi connectivity index (χ0) is 14.8. The number of amides is 1.